The maximum atomic E-state index is 15.6. The van der Waals surface area contributed by atoms with Crippen molar-refractivity contribution in [3.8, 4) is 22.4 Å². The summed E-state index contributed by atoms with van der Waals surface area (Å²) in [6.45, 7) is -0.682. The highest BCUT2D eigenvalue weighted by Gasteiger charge is 2.61. The van der Waals surface area contributed by atoms with Gasteiger partial charge in [-0.2, -0.15) is 19.0 Å². The first-order valence-corrected chi connectivity index (χ1v) is 15.1. The average molecular weight is 636 g/mol. The molecule has 3 atom stereocenters. The zero-order valence-electron chi connectivity index (χ0n) is 24.5. The third-order valence-electron chi connectivity index (χ3n) is 9.32. The second-order valence-corrected chi connectivity index (χ2v) is 12.3. The molecule has 2 amide bonds. The molecule has 45 heavy (non-hydrogen) atoms. The molecule has 1 fully saturated rings. The molecule has 4 aromatic rings. The van der Waals surface area contributed by atoms with Gasteiger partial charge in [-0.3, -0.25) is 19.3 Å². The second-order valence-electron chi connectivity index (χ2n) is 11.9. The lowest BCUT2D eigenvalue weighted by atomic mass is 9.90. The summed E-state index contributed by atoms with van der Waals surface area (Å²) in [7, 11) is 1.80. The van der Waals surface area contributed by atoms with E-state index in [0.717, 1.165) is 23.1 Å². The number of rotatable bonds is 4. The number of amides is 2. The summed E-state index contributed by atoms with van der Waals surface area (Å²) in [5.74, 6) is -1.32. The highest BCUT2D eigenvalue weighted by atomic mass is 35.5. The minimum absolute atomic E-state index is 0.0680. The molecule has 1 aromatic carbocycles. The van der Waals surface area contributed by atoms with Crippen LogP contribution in [-0.4, -0.2) is 47.8 Å². The van der Waals surface area contributed by atoms with Gasteiger partial charge in [-0.15, -0.1) is 0 Å². The van der Waals surface area contributed by atoms with Crippen molar-refractivity contribution >= 4 is 34.7 Å². The molecular weight excluding hydrogens is 607 g/mol. The van der Waals surface area contributed by atoms with Crippen LogP contribution < -0.4 is 5.32 Å². The van der Waals surface area contributed by atoms with Gasteiger partial charge in [0.15, 0.2) is 0 Å². The van der Waals surface area contributed by atoms with Gasteiger partial charge in [-0.1, -0.05) is 24.6 Å². The molecule has 3 aliphatic rings. The van der Waals surface area contributed by atoms with E-state index < -0.39 is 17.9 Å². The molecule has 2 unspecified atom stereocenters. The fraction of sp³-hybridized carbons (Fsp3) is 0.344. The molecule has 1 N–H and O–H groups in total. The monoisotopic (exact) mass is 635 g/mol. The average Bonchev–Trinajstić information content (AvgIpc) is 3.32. The molecule has 0 saturated heterocycles. The van der Waals surface area contributed by atoms with Crippen LogP contribution in [0.1, 0.15) is 50.4 Å². The Morgan fingerprint density at radius 3 is 2.69 bits per heavy atom. The van der Waals surface area contributed by atoms with Gasteiger partial charge >= 0.3 is 6.55 Å². The van der Waals surface area contributed by atoms with Crippen molar-refractivity contribution in [2.45, 2.75) is 44.7 Å². The molecule has 1 saturated carbocycles. The molecule has 0 radical (unpaired) electrons. The summed E-state index contributed by atoms with van der Waals surface area (Å²) in [6, 6.07) is 6.72. The van der Waals surface area contributed by atoms with Crippen molar-refractivity contribution < 1.29 is 22.8 Å². The maximum Gasteiger partial charge on any atom is 0.333 e. The SMILES string of the molecule is C[C@@H]1CCC2CC2(N2CCC(c3c(-c4cnn(C(F)F)c4)ccc(Cl)c3F)=CC2=O)c2cc(ccn2)-c2c(cnn2C)NC1=O. The Morgan fingerprint density at radius 1 is 1.11 bits per heavy atom. The van der Waals surface area contributed by atoms with Crippen LogP contribution in [0.4, 0.5) is 18.9 Å². The lowest BCUT2D eigenvalue weighted by Gasteiger charge is -2.36. The second kappa shape index (κ2) is 10.9. The van der Waals surface area contributed by atoms with Crippen molar-refractivity contribution in [2.75, 3.05) is 11.9 Å². The number of pyridine rings is 1. The van der Waals surface area contributed by atoms with Crippen molar-refractivity contribution in [2.24, 2.45) is 18.9 Å². The predicted molar refractivity (Wildman–Crippen MR) is 161 cm³/mol. The number of anilines is 1. The van der Waals surface area contributed by atoms with Crippen molar-refractivity contribution in [3.05, 3.63) is 77.2 Å². The zero-order chi connectivity index (χ0) is 31.6. The van der Waals surface area contributed by atoms with E-state index in [1.807, 2.05) is 24.0 Å². The zero-order valence-corrected chi connectivity index (χ0v) is 25.2. The first kappa shape index (κ1) is 29.3. The summed E-state index contributed by atoms with van der Waals surface area (Å²) >= 11 is 6.17. The maximum absolute atomic E-state index is 15.6. The van der Waals surface area contributed by atoms with E-state index in [1.165, 1.54) is 18.3 Å². The van der Waals surface area contributed by atoms with Gasteiger partial charge in [0.1, 0.15) is 5.82 Å². The largest absolute Gasteiger partial charge is 0.333 e. The number of fused-ring (bicyclic) bond motifs is 6. The van der Waals surface area contributed by atoms with Gasteiger partial charge in [-0.05, 0) is 60.9 Å². The van der Waals surface area contributed by atoms with Gasteiger partial charge < -0.3 is 10.2 Å². The normalized spacial score (nSPS) is 23.1. The van der Waals surface area contributed by atoms with Crippen LogP contribution in [-0.2, 0) is 22.2 Å². The molecule has 5 heterocycles. The number of alkyl halides is 2. The van der Waals surface area contributed by atoms with Crippen LogP contribution in [0, 0.1) is 17.7 Å². The van der Waals surface area contributed by atoms with Crippen LogP contribution in [0.3, 0.4) is 0 Å². The van der Waals surface area contributed by atoms with Crippen molar-refractivity contribution in [1.29, 1.82) is 0 Å². The van der Waals surface area contributed by atoms with E-state index >= 15 is 4.39 Å². The molecule has 2 aliphatic heterocycles. The third-order valence-corrected chi connectivity index (χ3v) is 9.61. The summed E-state index contributed by atoms with van der Waals surface area (Å²) in [4.78, 5) is 33.6. The summed E-state index contributed by atoms with van der Waals surface area (Å²) in [5.41, 5.74) is 3.31. The molecule has 1 aliphatic carbocycles. The Hall–Kier alpha value is -4.45. The Kier molecular flexibility index (Phi) is 7.07. The quantitative estimate of drug-likeness (QED) is 0.279. The molecule has 2 bridgehead atoms. The number of aryl methyl sites for hydroxylation is 1. The van der Waals surface area contributed by atoms with E-state index in [0.29, 0.717) is 47.2 Å². The van der Waals surface area contributed by atoms with Gasteiger partial charge in [-0.25, -0.2) is 9.07 Å². The minimum atomic E-state index is -2.85. The van der Waals surface area contributed by atoms with Crippen LogP contribution in [0.2, 0.25) is 5.02 Å². The molecule has 9 nitrogen and oxygen atoms in total. The van der Waals surface area contributed by atoms with Crippen molar-refractivity contribution in [1.82, 2.24) is 29.4 Å². The lowest BCUT2D eigenvalue weighted by Crippen LogP contribution is -2.44. The number of aromatic nitrogens is 5. The predicted octanol–water partition coefficient (Wildman–Crippen LogP) is 6.43. The molecule has 0 spiro atoms. The first-order valence-electron chi connectivity index (χ1n) is 14.7. The number of benzene rings is 1. The van der Waals surface area contributed by atoms with Crippen LogP contribution in [0.15, 0.2) is 55.1 Å². The topological polar surface area (TPSA) is 97.9 Å². The number of carbonyl (C=O) groups is 2. The third kappa shape index (κ3) is 4.82. The molecule has 13 heteroatoms. The standard InChI is InChI=1S/C32H29ClF3N7O2/c1-17-3-4-21-13-32(21,25-11-19(7-9-37-25)29-24(40-30(17)45)15-38-41(29)2)42-10-8-18(12-26(42)44)27-22(5-6-23(33)28(27)34)20-14-39-43(16-20)31(35)36/h5-7,9,11-12,14-17,21,31H,3-4,8,10,13H2,1-2H3,(H,40,45)/t17-,21?,32?/m1/s1. The fourth-order valence-corrected chi connectivity index (χ4v) is 7.05. The summed E-state index contributed by atoms with van der Waals surface area (Å²) in [6.07, 6.45) is 9.44. The Labute approximate surface area is 261 Å². The number of hydrogen-bond acceptors (Lipinski definition) is 5. The minimum Gasteiger partial charge on any atom is -0.327 e. The highest BCUT2D eigenvalue weighted by molar-refractivity contribution is 6.31. The van der Waals surface area contributed by atoms with Crippen LogP contribution >= 0.6 is 11.6 Å². The summed E-state index contributed by atoms with van der Waals surface area (Å²) < 4.78 is 44.3. The van der Waals surface area contributed by atoms with E-state index in [-0.39, 0.29) is 46.3 Å². The molecule has 232 valence electrons. The number of carbonyl (C=O) groups excluding carboxylic acids is 2. The smallest absolute Gasteiger partial charge is 0.327 e. The fourth-order valence-electron chi connectivity index (χ4n) is 6.89. The number of nitrogens with zero attached hydrogens (tertiary/aromatic N) is 6. The number of halogens is 4. The molecular formula is C32H29ClF3N7O2. The van der Waals surface area contributed by atoms with Gasteiger partial charge in [0.05, 0.1) is 40.0 Å². The molecule has 3 aromatic heterocycles. The van der Waals surface area contributed by atoms with E-state index in [2.05, 4.69) is 15.5 Å². The van der Waals surface area contributed by atoms with Gasteiger partial charge in [0, 0.05) is 54.7 Å². The van der Waals surface area contributed by atoms with Gasteiger partial charge in [0.25, 0.3) is 0 Å². The van der Waals surface area contributed by atoms with E-state index in [9.17, 15) is 18.4 Å². The van der Waals surface area contributed by atoms with E-state index in [4.69, 9.17) is 16.6 Å². The van der Waals surface area contributed by atoms with Crippen LogP contribution in [0.25, 0.3) is 28.0 Å². The van der Waals surface area contributed by atoms with E-state index in [1.54, 1.807) is 30.2 Å². The lowest BCUT2D eigenvalue weighted by molar-refractivity contribution is -0.130. The summed E-state index contributed by atoms with van der Waals surface area (Å²) in [5, 5.41) is 10.9. The van der Waals surface area contributed by atoms with Crippen LogP contribution in [0.5, 0.6) is 0 Å². The Balaban J connectivity index is 1.29. The molecule has 7 rings (SSSR count). The van der Waals surface area contributed by atoms with Crippen molar-refractivity contribution in [3.63, 3.8) is 0 Å². The number of hydrogen-bond donors (Lipinski definition) is 1. The van der Waals surface area contributed by atoms with Gasteiger partial charge in [0.2, 0.25) is 11.8 Å². The Morgan fingerprint density at radius 2 is 1.93 bits per heavy atom. The Bertz CT molecular complexity index is 1890. The highest BCUT2D eigenvalue weighted by Crippen LogP contribution is 2.60. The number of nitrogens with one attached hydrogen (secondary N) is 1. The first-order chi connectivity index (χ1) is 21.6.